The summed E-state index contributed by atoms with van der Waals surface area (Å²) < 4.78 is 16.5. The number of aromatic nitrogens is 2. The second-order valence-corrected chi connectivity index (χ2v) is 7.20. The SMILES string of the molecule is Cc1cc(=O)oc2c3c(c(O)cc12)OC(=O)CC3c1cccc(Oc2ncccn2)c1. The van der Waals surface area contributed by atoms with E-state index in [1.165, 1.54) is 12.1 Å². The number of hydrogen-bond acceptors (Lipinski definition) is 8. The number of carbonyl (C=O) groups excluding carboxylic acids is 1. The van der Waals surface area contributed by atoms with Crippen molar-refractivity contribution in [3.05, 3.63) is 82.0 Å². The van der Waals surface area contributed by atoms with Crippen molar-refractivity contribution in [3.63, 3.8) is 0 Å². The minimum absolute atomic E-state index is 0.000198. The molecule has 0 radical (unpaired) electrons. The third kappa shape index (κ3) is 3.38. The minimum Gasteiger partial charge on any atom is -0.504 e. The number of phenols is 1. The van der Waals surface area contributed by atoms with Gasteiger partial charge in [-0.15, -0.1) is 0 Å². The van der Waals surface area contributed by atoms with Gasteiger partial charge in [-0.05, 0) is 42.3 Å². The molecule has 31 heavy (non-hydrogen) atoms. The van der Waals surface area contributed by atoms with Gasteiger partial charge in [0, 0.05) is 29.8 Å². The number of hydrogen-bond donors (Lipinski definition) is 1. The Bertz CT molecular complexity index is 1380. The fraction of sp³-hybridized carbons (Fsp3) is 0.130. The van der Waals surface area contributed by atoms with Gasteiger partial charge in [0.1, 0.15) is 11.3 Å². The van der Waals surface area contributed by atoms with Gasteiger partial charge in [-0.1, -0.05) is 12.1 Å². The quantitative estimate of drug-likeness (QED) is 0.305. The van der Waals surface area contributed by atoms with Gasteiger partial charge in [-0.2, -0.15) is 0 Å². The van der Waals surface area contributed by atoms with Crippen LogP contribution in [0.5, 0.6) is 23.3 Å². The summed E-state index contributed by atoms with van der Waals surface area (Å²) in [5, 5.41) is 11.1. The van der Waals surface area contributed by atoms with Crippen LogP contribution in [0.1, 0.15) is 29.0 Å². The van der Waals surface area contributed by atoms with Crippen molar-refractivity contribution in [1.82, 2.24) is 9.97 Å². The molecule has 0 saturated carbocycles. The molecule has 0 amide bonds. The largest absolute Gasteiger partial charge is 0.504 e. The van der Waals surface area contributed by atoms with Gasteiger partial charge in [-0.25, -0.2) is 14.8 Å². The fourth-order valence-electron chi connectivity index (χ4n) is 3.81. The average Bonchev–Trinajstić information content (AvgIpc) is 2.75. The number of esters is 1. The summed E-state index contributed by atoms with van der Waals surface area (Å²) in [7, 11) is 0. The smallest absolute Gasteiger partial charge is 0.336 e. The molecule has 1 N–H and O–H groups in total. The number of fused-ring (bicyclic) bond motifs is 3. The third-order valence-electron chi connectivity index (χ3n) is 5.16. The molecule has 0 saturated heterocycles. The van der Waals surface area contributed by atoms with Gasteiger partial charge in [-0.3, -0.25) is 4.79 Å². The number of carbonyl (C=O) groups is 1. The molecule has 0 spiro atoms. The summed E-state index contributed by atoms with van der Waals surface area (Å²) in [4.78, 5) is 32.5. The molecular weight excluding hydrogens is 400 g/mol. The molecule has 2 aromatic heterocycles. The maximum atomic E-state index is 12.3. The van der Waals surface area contributed by atoms with Gasteiger partial charge >= 0.3 is 17.6 Å². The first-order valence-electron chi connectivity index (χ1n) is 9.55. The standard InChI is InChI=1S/C23H16N2O6/c1-12-8-18(27)30-21-15(12)10-17(26)22-20(21)16(11-19(28)31-22)13-4-2-5-14(9-13)29-23-24-6-3-7-25-23/h2-10,16,26H,11H2,1H3. The number of benzene rings is 2. The van der Waals surface area contributed by atoms with E-state index >= 15 is 0 Å². The zero-order chi connectivity index (χ0) is 21.5. The minimum atomic E-state index is -0.521. The van der Waals surface area contributed by atoms with Crippen LogP contribution in [0, 0.1) is 6.92 Å². The zero-order valence-electron chi connectivity index (χ0n) is 16.4. The number of nitrogens with zero attached hydrogens (tertiary/aromatic N) is 2. The second-order valence-electron chi connectivity index (χ2n) is 7.20. The lowest BCUT2D eigenvalue weighted by atomic mass is 9.84. The summed E-state index contributed by atoms with van der Waals surface area (Å²) in [6, 6.07) is 11.8. The highest BCUT2D eigenvalue weighted by Crippen LogP contribution is 2.48. The number of phenolic OH excluding ortho intramolecular Hbond substituents is 1. The molecule has 4 aromatic rings. The lowest BCUT2D eigenvalue weighted by Crippen LogP contribution is -2.22. The molecule has 0 aliphatic carbocycles. The van der Waals surface area contributed by atoms with E-state index in [1.807, 2.05) is 6.07 Å². The van der Waals surface area contributed by atoms with Crippen LogP contribution >= 0.6 is 0 Å². The van der Waals surface area contributed by atoms with Crippen molar-refractivity contribution in [2.24, 2.45) is 0 Å². The van der Waals surface area contributed by atoms with Crippen molar-refractivity contribution >= 4 is 16.9 Å². The summed E-state index contributed by atoms with van der Waals surface area (Å²) in [6.07, 6.45) is 3.15. The molecular formula is C23H16N2O6. The maximum Gasteiger partial charge on any atom is 0.336 e. The van der Waals surface area contributed by atoms with Crippen LogP contribution in [-0.4, -0.2) is 21.0 Å². The number of aromatic hydroxyl groups is 1. The highest BCUT2D eigenvalue weighted by atomic mass is 16.5. The van der Waals surface area contributed by atoms with E-state index in [4.69, 9.17) is 13.9 Å². The molecule has 0 bridgehead atoms. The molecule has 1 aliphatic rings. The molecule has 154 valence electrons. The van der Waals surface area contributed by atoms with Crippen molar-refractivity contribution in [3.8, 4) is 23.3 Å². The van der Waals surface area contributed by atoms with Crippen LogP contribution in [0.25, 0.3) is 11.0 Å². The highest BCUT2D eigenvalue weighted by molar-refractivity contribution is 5.92. The highest BCUT2D eigenvalue weighted by Gasteiger charge is 2.34. The molecule has 8 nitrogen and oxygen atoms in total. The maximum absolute atomic E-state index is 12.3. The first kappa shape index (κ1) is 18.8. The molecule has 8 heteroatoms. The van der Waals surface area contributed by atoms with Crippen LogP contribution in [-0.2, 0) is 4.79 Å². The normalized spacial score (nSPS) is 15.4. The first-order chi connectivity index (χ1) is 15.0. The Morgan fingerprint density at radius 3 is 2.71 bits per heavy atom. The van der Waals surface area contributed by atoms with E-state index in [-0.39, 0.29) is 29.5 Å². The Morgan fingerprint density at radius 2 is 1.90 bits per heavy atom. The number of aryl methyl sites for hydroxylation is 1. The summed E-state index contributed by atoms with van der Waals surface area (Å²) in [5.41, 5.74) is 1.59. The Morgan fingerprint density at radius 1 is 1.10 bits per heavy atom. The summed E-state index contributed by atoms with van der Waals surface area (Å²) in [5.74, 6) is -0.731. The Labute approximate surface area is 175 Å². The molecule has 3 heterocycles. The van der Waals surface area contributed by atoms with Gasteiger partial charge in [0.05, 0.1) is 12.0 Å². The Kier molecular flexibility index (Phi) is 4.39. The van der Waals surface area contributed by atoms with E-state index in [1.54, 1.807) is 43.6 Å². The third-order valence-corrected chi connectivity index (χ3v) is 5.16. The predicted octanol–water partition coefficient (Wildman–Crippen LogP) is 3.83. The van der Waals surface area contributed by atoms with E-state index in [9.17, 15) is 14.7 Å². The van der Waals surface area contributed by atoms with Gasteiger partial charge in [0.25, 0.3) is 0 Å². The lowest BCUT2D eigenvalue weighted by molar-refractivity contribution is -0.135. The molecule has 1 aliphatic heterocycles. The monoisotopic (exact) mass is 416 g/mol. The van der Waals surface area contributed by atoms with Gasteiger partial charge in [0.2, 0.25) is 0 Å². The molecule has 0 fully saturated rings. The van der Waals surface area contributed by atoms with E-state index < -0.39 is 17.5 Å². The first-order valence-corrected chi connectivity index (χ1v) is 9.55. The average molecular weight is 416 g/mol. The van der Waals surface area contributed by atoms with Crippen LogP contribution < -0.4 is 15.1 Å². The van der Waals surface area contributed by atoms with Crippen molar-refractivity contribution in [2.45, 2.75) is 19.3 Å². The lowest BCUT2D eigenvalue weighted by Gasteiger charge is -2.26. The van der Waals surface area contributed by atoms with Crippen LogP contribution in [0.2, 0.25) is 0 Å². The second kappa shape index (κ2) is 7.24. The van der Waals surface area contributed by atoms with Gasteiger partial charge < -0.3 is 19.0 Å². The van der Waals surface area contributed by atoms with Crippen molar-refractivity contribution in [1.29, 1.82) is 0 Å². The Balaban J connectivity index is 1.68. The predicted molar refractivity (Wildman–Crippen MR) is 110 cm³/mol. The summed E-state index contributed by atoms with van der Waals surface area (Å²) >= 11 is 0. The van der Waals surface area contributed by atoms with Gasteiger partial charge in [0.15, 0.2) is 11.5 Å². The van der Waals surface area contributed by atoms with Crippen LogP contribution in [0.3, 0.4) is 0 Å². The van der Waals surface area contributed by atoms with Crippen molar-refractivity contribution < 1.29 is 23.8 Å². The molecule has 1 unspecified atom stereocenters. The number of ether oxygens (including phenoxy) is 2. The molecule has 5 rings (SSSR count). The van der Waals surface area contributed by atoms with E-state index in [0.29, 0.717) is 22.3 Å². The van der Waals surface area contributed by atoms with E-state index in [2.05, 4.69) is 9.97 Å². The fourth-order valence-corrected chi connectivity index (χ4v) is 3.81. The zero-order valence-corrected chi connectivity index (χ0v) is 16.4. The van der Waals surface area contributed by atoms with E-state index in [0.717, 1.165) is 5.56 Å². The number of rotatable bonds is 3. The van der Waals surface area contributed by atoms with Crippen molar-refractivity contribution in [2.75, 3.05) is 0 Å². The Hall–Kier alpha value is -4.20. The van der Waals surface area contributed by atoms with Crippen LogP contribution in [0.4, 0.5) is 0 Å². The topological polar surface area (TPSA) is 112 Å². The van der Waals surface area contributed by atoms with Crippen LogP contribution in [0.15, 0.2) is 64.1 Å². The summed E-state index contributed by atoms with van der Waals surface area (Å²) in [6.45, 7) is 1.75. The molecule has 2 aromatic carbocycles. The molecule has 1 atom stereocenters.